The van der Waals surface area contributed by atoms with Crippen molar-refractivity contribution in [2.45, 2.75) is 25.6 Å². The van der Waals surface area contributed by atoms with Gasteiger partial charge in [0.1, 0.15) is 0 Å². The molecule has 0 saturated carbocycles. The van der Waals surface area contributed by atoms with Crippen LogP contribution in [0.5, 0.6) is 0 Å². The van der Waals surface area contributed by atoms with Gasteiger partial charge in [-0.15, -0.1) is 0 Å². The van der Waals surface area contributed by atoms with Crippen molar-refractivity contribution in [3.8, 4) is 0 Å². The number of morpholine rings is 1. The lowest BCUT2D eigenvalue weighted by molar-refractivity contribution is 0.0342. The molecular formula is C24H33N5O. The van der Waals surface area contributed by atoms with Gasteiger partial charge in [-0.05, 0) is 29.7 Å². The monoisotopic (exact) mass is 407 g/mol. The molecule has 2 heterocycles. The summed E-state index contributed by atoms with van der Waals surface area (Å²) in [6.07, 6.45) is 1.12. The fourth-order valence-electron chi connectivity index (χ4n) is 4.11. The second-order valence-corrected chi connectivity index (χ2v) is 8.04. The summed E-state index contributed by atoms with van der Waals surface area (Å²) >= 11 is 0. The maximum absolute atomic E-state index is 5.43. The van der Waals surface area contributed by atoms with E-state index >= 15 is 0 Å². The fraction of sp³-hybridized carbons (Fsp3) is 0.458. The third kappa shape index (κ3) is 5.74. The first-order valence-corrected chi connectivity index (χ1v) is 11.0. The molecule has 6 heteroatoms. The van der Waals surface area contributed by atoms with E-state index in [1.165, 1.54) is 16.8 Å². The Labute approximate surface area is 179 Å². The molecule has 2 fully saturated rings. The summed E-state index contributed by atoms with van der Waals surface area (Å²) in [7, 11) is 1.84. The Hall–Kier alpha value is -2.57. The number of benzene rings is 2. The second-order valence-electron chi connectivity index (χ2n) is 8.04. The second kappa shape index (κ2) is 10.5. The Kier molecular flexibility index (Phi) is 7.21. The van der Waals surface area contributed by atoms with Gasteiger partial charge in [0.05, 0.1) is 13.2 Å². The van der Waals surface area contributed by atoms with Crippen LogP contribution >= 0.6 is 0 Å². The van der Waals surface area contributed by atoms with Crippen molar-refractivity contribution in [2.24, 2.45) is 4.99 Å². The molecule has 0 spiro atoms. The molecular weight excluding hydrogens is 374 g/mol. The molecule has 4 rings (SSSR count). The Morgan fingerprint density at radius 1 is 1.00 bits per heavy atom. The van der Waals surface area contributed by atoms with Crippen LogP contribution in [0.3, 0.4) is 0 Å². The lowest BCUT2D eigenvalue weighted by Crippen LogP contribution is -2.44. The van der Waals surface area contributed by atoms with Crippen LogP contribution in [0.15, 0.2) is 59.6 Å². The molecule has 2 N–H and O–H groups in total. The van der Waals surface area contributed by atoms with E-state index in [1.54, 1.807) is 0 Å². The number of aliphatic imine (C=N–C) groups is 1. The molecule has 0 aromatic heterocycles. The van der Waals surface area contributed by atoms with Gasteiger partial charge in [0, 0.05) is 58.0 Å². The molecule has 2 aliphatic heterocycles. The summed E-state index contributed by atoms with van der Waals surface area (Å²) < 4.78 is 5.43. The van der Waals surface area contributed by atoms with Crippen LogP contribution in [0, 0.1) is 0 Å². The van der Waals surface area contributed by atoms with Crippen LogP contribution in [0.4, 0.5) is 5.69 Å². The van der Waals surface area contributed by atoms with Crippen molar-refractivity contribution in [2.75, 3.05) is 51.3 Å². The van der Waals surface area contributed by atoms with E-state index in [9.17, 15) is 0 Å². The number of hydrogen-bond acceptors (Lipinski definition) is 4. The summed E-state index contributed by atoms with van der Waals surface area (Å²) in [6.45, 7) is 7.58. The molecule has 2 aliphatic rings. The molecule has 6 nitrogen and oxygen atoms in total. The largest absolute Gasteiger partial charge is 0.379 e. The molecule has 30 heavy (non-hydrogen) atoms. The standard InChI is InChI=1S/C24H33N5O/c1-25-24(27-22-11-12-29(19-22)23-5-3-2-4-6-23)26-17-20-7-9-21(10-8-20)18-28-13-15-30-16-14-28/h2-10,22H,11-19H2,1H3,(H2,25,26,27). The van der Waals surface area contributed by atoms with Gasteiger partial charge in [-0.1, -0.05) is 42.5 Å². The fourth-order valence-corrected chi connectivity index (χ4v) is 4.11. The minimum absolute atomic E-state index is 0.410. The smallest absolute Gasteiger partial charge is 0.191 e. The highest BCUT2D eigenvalue weighted by molar-refractivity contribution is 5.80. The highest BCUT2D eigenvalue weighted by Crippen LogP contribution is 2.19. The van der Waals surface area contributed by atoms with Crippen molar-refractivity contribution in [1.29, 1.82) is 0 Å². The quantitative estimate of drug-likeness (QED) is 0.569. The molecule has 0 bridgehead atoms. The zero-order valence-electron chi connectivity index (χ0n) is 17.9. The highest BCUT2D eigenvalue weighted by Gasteiger charge is 2.23. The summed E-state index contributed by atoms with van der Waals surface area (Å²) in [5, 5.41) is 7.04. The molecule has 160 valence electrons. The number of guanidine groups is 1. The van der Waals surface area contributed by atoms with Gasteiger partial charge in [-0.2, -0.15) is 0 Å². The molecule has 1 unspecified atom stereocenters. The Morgan fingerprint density at radius 3 is 2.47 bits per heavy atom. The molecule has 0 amide bonds. The summed E-state index contributed by atoms with van der Waals surface area (Å²) in [6, 6.07) is 19.9. The van der Waals surface area contributed by atoms with E-state index < -0.39 is 0 Å². The molecule has 2 aromatic carbocycles. The Morgan fingerprint density at radius 2 is 1.73 bits per heavy atom. The van der Waals surface area contributed by atoms with Crippen LogP contribution in [0.25, 0.3) is 0 Å². The zero-order valence-corrected chi connectivity index (χ0v) is 17.9. The van der Waals surface area contributed by atoms with Crippen molar-refractivity contribution < 1.29 is 4.74 Å². The summed E-state index contributed by atoms with van der Waals surface area (Å²) in [4.78, 5) is 9.29. The lowest BCUT2D eigenvalue weighted by atomic mass is 10.1. The minimum Gasteiger partial charge on any atom is -0.379 e. The van der Waals surface area contributed by atoms with Crippen LogP contribution in [-0.4, -0.2) is 63.3 Å². The molecule has 0 aliphatic carbocycles. The van der Waals surface area contributed by atoms with Crippen molar-refractivity contribution in [3.05, 3.63) is 65.7 Å². The number of rotatable bonds is 6. The van der Waals surface area contributed by atoms with E-state index in [0.717, 1.165) is 64.9 Å². The highest BCUT2D eigenvalue weighted by atomic mass is 16.5. The molecule has 2 aromatic rings. The van der Waals surface area contributed by atoms with Gasteiger partial charge < -0.3 is 20.3 Å². The number of nitrogens with one attached hydrogen (secondary N) is 2. The van der Waals surface area contributed by atoms with E-state index in [2.05, 4.69) is 80.0 Å². The zero-order chi connectivity index (χ0) is 20.6. The molecule has 1 atom stereocenters. The van der Waals surface area contributed by atoms with E-state index in [-0.39, 0.29) is 0 Å². The van der Waals surface area contributed by atoms with Gasteiger partial charge in [-0.25, -0.2) is 0 Å². The third-order valence-electron chi connectivity index (χ3n) is 5.87. The van der Waals surface area contributed by atoms with Crippen LogP contribution < -0.4 is 15.5 Å². The normalized spacial score (nSPS) is 20.4. The van der Waals surface area contributed by atoms with Gasteiger partial charge in [-0.3, -0.25) is 9.89 Å². The van der Waals surface area contributed by atoms with Crippen LogP contribution in [0.1, 0.15) is 17.5 Å². The van der Waals surface area contributed by atoms with Crippen LogP contribution in [0.2, 0.25) is 0 Å². The maximum Gasteiger partial charge on any atom is 0.191 e. The average Bonchev–Trinajstić information content (AvgIpc) is 3.27. The summed E-state index contributed by atoms with van der Waals surface area (Å²) in [5.41, 5.74) is 3.91. The van der Waals surface area contributed by atoms with E-state index in [1.807, 2.05) is 7.05 Å². The van der Waals surface area contributed by atoms with Gasteiger partial charge in [0.2, 0.25) is 0 Å². The third-order valence-corrected chi connectivity index (χ3v) is 5.87. The van der Waals surface area contributed by atoms with Crippen molar-refractivity contribution in [1.82, 2.24) is 15.5 Å². The predicted molar refractivity (Wildman–Crippen MR) is 123 cm³/mol. The first-order valence-electron chi connectivity index (χ1n) is 11.0. The number of ether oxygens (including phenoxy) is 1. The van der Waals surface area contributed by atoms with E-state index in [0.29, 0.717) is 6.04 Å². The predicted octanol–water partition coefficient (Wildman–Crippen LogP) is 2.46. The number of anilines is 1. The van der Waals surface area contributed by atoms with Gasteiger partial charge >= 0.3 is 0 Å². The Bertz CT molecular complexity index is 802. The van der Waals surface area contributed by atoms with Gasteiger partial charge in [0.15, 0.2) is 5.96 Å². The first kappa shape index (κ1) is 20.7. The first-order chi connectivity index (χ1) is 14.8. The number of hydrogen-bond donors (Lipinski definition) is 2. The van der Waals surface area contributed by atoms with Crippen LogP contribution in [-0.2, 0) is 17.8 Å². The van der Waals surface area contributed by atoms with E-state index in [4.69, 9.17) is 4.74 Å². The molecule has 2 saturated heterocycles. The minimum atomic E-state index is 0.410. The molecule has 0 radical (unpaired) electrons. The van der Waals surface area contributed by atoms with Gasteiger partial charge in [0.25, 0.3) is 0 Å². The maximum atomic E-state index is 5.43. The van der Waals surface area contributed by atoms with Crippen molar-refractivity contribution >= 4 is 11.6 Å². The number of para-hydroxylation sites is 1. The van der Waals surface area contributed by atoms with Crippen molar-refractivity contribution in [3.63, 3.8) is 0 Å². The Balaban J connectivity index is 1.22. The topological polar surface area (TPSA) is 52.1 Å². The SMILES string of the molecule is CN=C(NCc1ccc(CN2CCOCC2)cc1)NC1CCN(c2ccccc2)C1. The number of nitrogens with zero attached hydrogens (tertiary/aromatic N) is 3. The average molecular weight is 408 g/mol. The lowest BCUT2D eigenvalue weighted by Gasteiger charge is -2.26. The summed E-state index contributed by atoms with van der Waals surface area (Å²) in [5.74, 6) is 0.868.